The molecule has 2 aromatic heterocycles. The number of aromatic nitrogens is 1. The van der Waals surface area contributed by atoms with Crippen molar-refractivity contribution < 1.29 is 4.42 Å². The lowest BCUT2D eigenvalue weighted by molar-refractivity contribution is 0.666. The third-order valence-electron chi connectivity index (χ3n) is 12.4. The molecular formula is C60H40N2O. The van der Waals surface area contributed by atoms with E-state index in [0.717, 1.165) is 78.0 Å². The van der Waals surface area contributed by atoms with E-state index < -0.39 is 0 Å². The molecule has 0 aliphatic heterocycles. The van der Waals surface area contributed by atoms with Crippen molar-refractivity contribution in [2.45, 2.75) is 0 Å². The molecule has 0 radical (unpaired) electrons. The van der Waals surface area contributed by atoms with Crippen LogP contribution in [0.1, 0.15) is 0 Å². The highest BCUT2D eigenvalue weighted by molar-refractivity contribution is 6.13. The number of hydrogen-bond donors (Lipinski definition) is 0. The van der Waals surface area contributed by atoms with E-state index in [2.05, 4.69) is 246 Å². The van der Waals surface area contributed by atoms with E-state index in [4.69, 9.17) is 4.42 Å². The molecule has 0 bridgehead atoms. The van der Waals surface area contributed by atoms with E-state index in [9.17, 15) is 0 Å². The molecule has 12 rings (SSSR count). The third-order valence-corrected chi connectivity index (χ3v) is 12.4. The summed E-state index contributed by atoms with van der Waals surface area (Å²) < 4.78 is 8.98. The lowest BCUT2D eigenvalue weighted by atomic mass is 9.96. The molecule has 0 amide bonds. The Labute approximate surface area is 366 Å². The fourth-order valence-corrected chi connectivity index (χ4v) is 9.39. The van der Waals surface area contributed by atoms with E-state index in [0.29, 0.717) is 0 Å². The van der Waals surface area contributed by atoms with Gasteiger partial charge >= 0.3 is 0 Å². The Bertz CT molecular complexity index is 3520. The first kappa shape index (κ1) is 36.5. The van der Waals surface area contributed by atoms with Gasteiger partial charge < -0.3 is 13.9 Å². The number of fused-ring (bicyclic) bond motifs is 6. The molecule has 12 aromatic rings. The van der Waals surface area contributed by atoms with Gasteiger partial charge in [-0.3, -0.25) is 0 Å². The molecule has 296 valence electrons. The quantitative estimate of drug-likeness (QED) is 0.153. The summed E-state index contributed by atoms with van der Waals surface area (Å²) in [6, 6.07) is 87.1. The largest absolute Gasteiger partial charge is 0.454 e. The van der Waals surface area contributed by atoms with Crippen molar-refractivity contribution in [3.8, 4) is 50.2 Å². The van der Waals surface area contributed by atoms with Crippen LogP contribution in [-0.4, -0.2) is 4.57 Å². The van der Waals surface area contributed by atoms with Gasteiger partial charge in [-0.1, -0.05) is 182 Å². The summed E-state index contributed by atoms with van der Waals surface area (Å²) in [7, 11) is 0. The second-order valence-electron chi connectivity index (χ2n) is 16.1. The van der Waals surface area contributed by atoms with Crippen LogP contribution in [0.15, 0.2) is 247 Å². The van der Waals surface area contributed by atoms with Gasteiger partial charge in [-0.2, -0.15) is 0 Å². The molecule has 0 N–H and O–H groups in total. The minimum absolute atomic E-state index is 0.888. The smallest absolute Gasteiger partial charge is 0.159 e. The van der Waals surface area contributed by atoms with Crippen LogP contribution >= 0.6 is 0 Å². The highest BCUT2D eigenvalue weighted by Crippen LogP contribution is 2.44. The van der Waals surface area contributed by atoms with Crippen molar-refractivity contribution in [1.82, 2.24) is 4.57 Å². The fraction of sp³-hybridized carbons (Fsp3) is 0. The van der Waals surface area contributed by atoms with Crippen LogP contribution in [0.3, 0.4) is 0 Å². The molecule has 0 saturated heterocycles. The van der Waals surface area contributed by atoms with Crippen molar-refractivity contribution in [2.24, 2.45) is 0 Å². The number of para-hydroxylation sites is 4. The van der Waals surface area contributed by atoms with Gasteiger partial charge in [-0.25, -0.2) is 0 Å². The summed E-state index contributed by atoms with van der Waals surface area (Å²) in [5.41, 5.74) is 17.7. The first-order chi connectivity index (χ1) is 31.2. The van der Waals surface area contributed by atoms with Crippen LogP contribution in [-0.2, 0) is 0 Å². The predicted octanol–water partition coefficient (Wildman–Crippen LogP) is 16.8. The van der Waals surface area contributed by atoms with Gasteiger partial charge in [0.1, 0.15) is 5.58 Å². The first-order valence-electron chi connectivity index (χ1n) is 21.5. The lowest BCUT2D eigenvalue weighted by Gasteiger charge is -2.28. The van der Waals surface area contributed by atoms with E-state index >= 15 is 0 Å². The van der Waals surface area contributed by atoms with E-state index in [1.165, 1.54) is 33.0 Å². The zero-order valence-corrected chi connectivity index (χ0v) is 34.4. The molecule has 2 heterocycles. The summed E-state index contributed by atoms with van der Waals surface area (Å²) in [5.74, 6) is 0. The van der Waals surface area contributed by atoms with E-state index in [1.807, 2.05) is 6.07 Å². The van der Waals surface area contributed by atoms with Crippen molar-refractivity contribution in [1.29, 1.82) is 0 Å². The van der Waals surface area contributed by atoms with Crippen molar-refractivity contribution >= 4 is 60.8 Å². The standard InChI is InChI=1S/C60H40N2O/c1-3-15-41(16-4-1)43-29-34-48(35-30-43)61(49-36-31-44(32-37-49)42-17-5-2-6-18-42)55-25-10-7-21-50(55)47-20-13-19-45(39-47)46-33-38-52-51-22-8-11-26-56(51)62(58(52)40-46)57-27-14-24-54-53-23-9-12-28-59(53)63-60(54)57/h1-40H. The maximum Gasteiger partial charge on any atom is 0.159 e. The van der Waals surface area contributed by atoms with Gasteiger partial charge in [0.05, 0.1) is 22.4 Å². The predicted molar refractivity (Wildman–Crippen MR) is 264 cm³/mol. The highest BCUT2D eigenvalue weighted by Gasteiger charge is 2.20. The van der Waals surface area contributed by atoms with Crippen molar-refractivity contribution in [2.75, 3.05) is 4.90 Å². The Hall–Kier alpha value is -8.40. The Morgan fingerprint density at radius 2 is 0.825 bits per heavy atom. The van der Waals surface area contributed by atoms with E-state index in [1.54, 1.807) is 0 Å². The molecule has 0 spiro atoms. The number of rotatable bonds is 8. The van der Waals surface area contributed by atoms with Crippen LogP contribution in [0.2, 0.25) is 0 Å². The third kappa shape index (κ3) is 6.38. The molecule has 0 fully saturated rings. The van der Waals surface area contributed by atoms with Gasteiger partial charge in [0, 0.05) is 38.5 Å². The molecule has 0 atom stereocenters. The number of hydrogen-bond acceptors (Lipinski definition) is 2. The minimum atomic E-state index is 0.888. The molecule has 0 aliphatic rings. The van der Waals surface area contributed by atoms with Crippen LogP contribution in [0.5, 0.6) is 0 Å². The zero-order valence-electron chi connectivity index (χ0n) is 34.4. The van der Waals surface area contributed by atoms with Crippen LogP contribution in [0.4, 0.5) is 17.1 Å². The number of nitrogens with zero attached hydrogens (tertiary/aromatic N) is 2. The molecule has 3 nitrogen and oxygen atoms in total. The molecule has 0 unspecified atom stereocenters. The SMILES string of the molecule is c1ccc(-c2ccc(N(c3ccc(-c4ccccc4)cc3)c3ccccc3-c3cccc(-c4ccc5c6ccccc6n(-c6cccc7c6oc6ccccc67)c5c4)c3)cc2)cc1. The summed E-state index contributed by atoms with van der Waals surface area (Å²) in [6.45, 7) is 0. The fourth-order valence-electron chi connectivity index (χ4n) is 9.39. The molecule has 10 aromatic carbocycles. The van der Waals surface area contributed by atoms with Crippen LogP contribution in [0, 0.1) is 0 Å². The average Bonchev–Trinajstić information content (AvgIpc) is 3.91. The Morgan fingerprint density at radius 1 is 0.317 bits per heavy atom. The van der Waals surface area contributed by atoms with Crippen LogP contribution in [0.25, 0.3) is 93.9 Å². The maximum atomic E-state index is 6.61. The Morgan fingerprint density at radius 3 is 1.56 bits per heavy atom. The normalized spacial score (nSPS) is 11.5. The summed E-state index contributed by atoms with van der Waals surface area (Å²) in [6.07, 6.45) is 0. The summed E-state index contributed by atoms with van der Waals surface area (Å²) in [5, 5.41) is 4.66. The monoisotopic (exact) mass is 804 g/mol. The van der Waals surface area contributed by atoms with Crippen molar-refractivity contribution in [3.05, 3.63) is 243 Å². The van der Waals surface area contributed by atoms with E-state index in [-0.39, 0.29) is 0 Å². The average molecular weight is 805 g/mol. The van der Waals surface area contributed by atoms with Gasteiger partial charge in [-0.05, 0) is 99.6 Å². The number of furan rings is 1. The zero-order chi connectivity index (χ0) is 41.7. The second-order valence-corrected chi connectivity index (χ2v) is 16.1. The van der Waals surface area contributed by atoms with Gasteiger partial charge in [-0.15, -0.1) is 0 Å². The van der Waals surface area contributed by atoms with Gasteiger partial charge in [0.15, 0.2) is 5.58 Å². The minimum Gasteiger partial charge on any atom is -0.454 e. The lowest BCUT2D eigenvalue weighted by Crippen LogP contribution is -2.11. The molecule has 3 heteroatoms. The van der Waals surface area contributed by atoms with Gasteiger partial charge in [0.25, 0.3) is 0 Å². The topological polar surface area (TPSA) is 21.3 Å². The first-order valence-corrected chi connectivity index (χ1v) is 21.5. The van der Waals surface area contributed by atoms with Gasteiger partial charge in [0.2, 0.25) is 0 Å². The second kappa shape index (κ2) is 15.3. The molecular weight excluding hydrogens is 765 g/mol. The summed E-state index contributed by atoms with van der Waals surface area (Å²) in [4.78, 5) is 2.38. The number of anilines is 3. The molecule has 0 aliphatic carbocycles. The summed E-state index contributed by atoms with van der Waals surface area (Å²) >= 11 is 0. The maximum absolute atomic E-state index is 6.61. The molecule has 0 saturated carbocycles. The van der Waals surface area contributed by atoms with Crippen molar-refractivity contribution in [3.63, 3.8) is 0 Å². The Kier molecular flexibility index (Phi) is 8.83. The Balaban J connectivity index is 0.984. The molecule has 63 heavy (non-hydrogen) atoms. The highest BCUT2D eigenvalue weighted by atomic mass is 16.3. The number of benzene rings is 10. The van der Waals surface area contributed by atoms with Crippen LogP contribution < -0.4 is 4.90 Å².